The molecular weight excluding hydrogens is 415 g/mol. The van der Waals surface area contributed by atoms with Gasteiger partial charge in [-0.1, -0.05) is 29.8 Å². The van der Waals surface area contributed by atoms with Crippen molar-refractivity contribution in [3.63, 3.8) is 0 Å². The number of carbonyl (C=O) groups is 1. The van der Waals surface area contributed by atoms with E-state index >= 15 is 0 Å². The third-order valence-electron chi connectivity index (χ3n) is 4.54. The largest absolute Gasteiger partial charge is 0.493 e. The highest BCUT2D eigenvalue weighted by molar-refractivity contribution is 6.30. The van der Waals surface area contributed by atoms with Gasteiger partial charge in [0.15, 0.2) is 11.5 Å². The van der Waals surface area contributed by atoms with Crippen LogP contribution in [-0.4, -0.2) is 35.8 Å². The van der Waals surface area contributed by atoms with E-state index in [1.807, 2.05) is 37.4 Å². The summed E-state index contributed by atoms with van der Waals surface area (Å²) in [6.45, 7) is 2.62. The molecule has 0 aliphatic heterocycles. The Balaban J connectivity index is 0.00000300. The Morgan fingerprint density at radius 3 is 2.72 bits per heavy atom. The maximum atomic E-state index is 11.8. The summed E-state index contributed by atoms with van der Waals surface area (Å²) < 4.78 is 11.0. The smallest absolute Gasteiger partial charge is 0.321 e. The number of carboxylic acid groups (broad SMARTS) is 1. The molecule has 3 aromatic rings. The molecule has 3 N–H and O–H groups in total. The molecule has 3 rings (SSSR count). The van der Waals surface area contributed by atoms with Crippen molar-refractivity contribution in [1.82, 2.24) is 10.3 Å². The van der Waals surface area contributed by atoms with Crippen molar-refractivity contribution in [3.8, 4) is 11.5 Å². The molecule has 0 spiro atoms. The summed E-state index contributed by atoms with van der Waals surface area (Å²) in [6.07, 6.45) is 2.21. The number of benzene rings is 2. The molecule has 1 atom stereocenters. The quantitative estimate of drug-likeness (QED) is 0.459. The van der Waals surface area contributed by atoms with Crippen molar-refractivity contribution >= 4 is 40.9 Å². The van der Waals surface area contributed by atoms with E-state index in [4.69, 9.17) is 21.1 Å². The van der Waals surface area contributed by atoms with Crippen LogP contribution in [0.3, 0.4) is 0 Å². The van der Waals surface area contributed by atoms with Gasteiger partial charge in [0.25, 0.3) is 0 Å². The number of hydrogen-bond donors (Lipinski definition) is 3. The second kappa shape index (κ2) is 10.4. The lowest BCUT2D eigenvalue weighted by molar-refractivity contribution is -0.139. The number of H-pyrrole nitrogens is 1. The van der Waals surface area contributed by atoms with Crippen LogP contribution in [-0.2, 0) is 17.8 Å². The molecule has 2 aromatic carbocycles. The van der Waals surface area contributed by atoms with Crippen molar-refractivity contribution in [2.45, 2.75) is 25.9 Å². The Morgan fingerprint density at radius 1 is 1.28 bits per heavy atom. The van der Waals surface area contributed by atoms with E-state index in [0.717, 1.165) is 22.0 Å². The maximum Gasteiger partial charge on any atom is 0.321 e. The number of aromatic nitrogens is 1. The van der Waals surface area contributed by atoms with E-state index < -0.39 is 12.0 Å². The molecule has 1 aromatic heterocycles. The number of methoxy groups -OCH3 is 1. The van der Waals surface area contributed by atoms with Gasteiger partial charge in [0, 0.05) is 46.7 Å². The number of carboxylic acids is 1. The number of aromatic amines is 1. The summed E-state index contributed by atoms with van der Waals surface area (Å²) in [5, 5.41) is 14.3. The number of para-hydroxylation sites is 1. The zero-order valence-corrected chi connectivity index (χ0v) is 17.8. The zero-order valence-electron chi connectivity index (χ0n) is 16.2. The SMILES string of the molecule is CCOc1c(CNC(Cc2c[nH]c3ccccc23)C(=O)O)cc(Cl)cc1OC.Cl. The third kappa shape index (κ3) is 5.35. The van der Waals surface area contributed by atoms with Gasteiger partial charge in [-0.05, 0) is 24.6 Å². The molecular formula is C21H24Cl2N2O4. The first-order chi connectivity index (χ1) is 13.5. The van der Waals surface area contributed by atoms with Gasteiger partial charge in [-0.2, -0.15) is 0 Å². The fourth-order valence-corrected chi connectivity index (χ4v) is 3.44. The average molecular weight is 439 g/mol. The van der Waals surface area contributed by atoms with Crippen LogP contribution in [0.1, 0.15) is 18.1 Å². The van der Waals surface area contributed by atoms with E-state index in [1.54, 1.807) is 19.2 Å². The number of rotatable bonds is 9. The second-order valence-electron chi connectivity index (χ2n) is 6.36. The number of hydrogen-bond acceptors (Lipinski definition) is 4. The molecule has 0 radical (unpaired) electrons. The summed E-state index contributed by atoms with van der Waals surface area (Å²) in [7, 11) is 1.54. The van der Waals surface area contributed by atoms with Gasteiger partial charge in [-0.25, -0.2) is 0 Å². The third-order valence-corrected chi connectivity index (χ3v) is 4.76. The van der Waals surface area contributed by atoms with E-state index in [0.29, 0.717) is 29.5 Å². The standard InChI is InChI=1S/C21H23ClN2O4.ClH/c1-3-28-20-14(8-15(22)10-19(20)27-2)12-24-18(21(25)26)9-13-11-23-17-7-5-4-6-16(13)17;/h4-8,10-11,18,23-24H,3,9,12H2,1-2H3,(H,25,26);1H. The normalized spacial score (nSPS) is 11.7. The topological polar surface area (TPSA) is 83.6 Å². The van der Waals surface area contributed by atoms with Crippen molar-refractivity contribution in [2.24, 2.45) is 0 Å². The van der Waals surface area contributed by atoms with Gasteiger partial charge in [0.05, 0.1) is 13.7 Å². The van der Waals surface area contributed by atoms with Gasteiger partial charge in [-0.15, -0.1) is 12.4 Å². The monoisotopic (exact) mass is 438 g/mol. The van der Waals surface area contributed by atoms with Gasteiger partial charge in [0.2, 0.25) is 0 Å². The molecule has 29 heavy (non-hydrogen) atoms. The number of fused-ring (bicyclic) bond motifs is 1. The Bertz CT molecular complexity index is 974. The summed E-state index contributed by atoms with van der Waals surface area (Å²) in [4.78, 5) is 15.0. The lowest BCUT2D eigenvalue weighted by atomic mass is 10.0. The molecule has 0 aliphatic rings. The number of ether oxygens (including phenoxy) is 2. The molecule has 0 bridgehead atoms. The Hall–Kier alpha value is -2.41. The number of aliphatic carboxylic acids is 1. The number of halogens is 2. The lowest BCUT2D eigenvalue weighted by Crippen LogP contribution is -2.38. The van der Waals surface area contributed by atoms with Gasteiger partial charge < -0.3 is 19.6 Å². The fraction of sp³-hybridized carbons (Fsp3) is 0.286. The molecule has 1 heterocycles. The van der Waals surface area contributed by atoms with E-state index in [-0.39, 0.29) is 19.0 Å². The highest BCUT2D eigenvalue weighted by Gasteiger charge is 2.21. The van der Waals surface area contributed by atoms with Crippen molar-refractivity contribution < 1.29 is 19.4 Å². The van der Waals surface area contributed by atoms with Crippen LogP contribution in [0.25, 0.3) is 10.9 Å². The summed E-state index contributed by atoms with van der Waals surface area (Å²) in [5.74, 6) is 0.171. The molecule has 0 aliphatic carbocycles. The van der Waals surface area contributed by atoms with Crippen LogP contribution in [0.4, 0.5) is 0 Å². The first-order valence-corrected chi connectivity index (χ1v) is 9.41. The average Bonchev–Trinajstić information content (AvgIpc) is 3.09. The molecule has 0 fully saturated rings. The molecule has 1 unspecified atom stereocenters. The van der Waals surface area contributed by atoms with Gasteiger partial charge in [0.1, 0.15) is 6.04 Å². The Kier molecular flexibility index (Phi) is 8.20. The van der Waals surface area contributed by atoms with Crippen LogP contribution in [0.5, 0.6) is 11.5 Å². The molecule has 156 valence electrons. The maximum absolute atomic E-state index is 11.8. The lowest BCUT2D eigenvalue weighted by Gasteiger charge is -2.18. The van der Waals surface area contributed by atoms with Crippen LogP contribution in [0, 0.1) is 0 Å². The summed E-state index contributed by atoms with van der Waals surface area (Å²) >= 11 is 6.18. The predicted octanol–water partition coefficient (Wildman–Crippen LogP) is 4.44. The minimum atomic E-state index is -0.919. The van der Waals surface area contributed by atoms with Crippen molar-refractivity contribution in [3.05, 3.63) is 58.7 Å². The van der Waals surface area contributed by atoms with Crippen molar-refractivity contribution in [1.29, 1.82) is 0 Å². The minimum Gasteiger partial charge on any atom is -0.493 e. The molecule has 6 nitrogen and oxygen atoms in total. The minimum absolute atomic E-state index is 0. The highest BCUT2D eigenvalue weighted by atomic mass is 35.5. The molecule has 0 amide bonds. The Labute approximate surface area is 180 Å². The summed E-state index contributed by atoms with van der Waals surface area (Å²) in [5.41, 5.74) is 2.68. The van der Waals surface area contributed by atoms with Crippen LogP contribution in [0.2, 0.25) is 5.02 Å². The zero-order chi connectivity index (χ0) is 20.1. The highest BCUT2D eigenvalue weighted by Crippen LogP contribution is 2.35. The Morgan fingerprint density at radius 2 is 2.03 bits per heavy atom. The van der Waals surface area contributed by atoms with Crippen LogP contribution in [0.15, 0.2) is 42.6 Å². The summed E-state index contributed by atoms with van der Waals surface area (Å²) in [6, 6.07) is 10.5. The van der Waals surface area contributed by atoms with Gasteiger partial charge >= 0.3 is 5.97 Å². The first kappa shape index (κ1) is 22.9. The first-order valence-electron chi connectivity index (χ1n) is 9.03. The van der Waals surface area contributed by atoms with E-state index in [1.165, 1.54) is 0 Å². The molecule has 0 saturated carbocycles. The van der Waals surface area contributed by atoms with Crippen LogP contribution < -0.4 is 14.8 Å². The van der Waals surface area contributed by atoms with Crippen molar-refractivity contribution in [2.75, 3.05) is 13.7 Å². The van der Waals surface area contributed by atoms with Crippen LogP contribution >= 0.6 is 24.0 Å². The fourth-order valence-electron chi connectivity index (χ4n) is 3.21. The number of nitrogens with one attached hydrogen (secondary N) is 2. The predicted molar refractivity (Wildman–Crippen MR) is 117 cm³/mol. The van der Waals surface area contributed by atoms with Gasteiger partial charge in [-0.3, -0.25) is 10.1 Å². The van der Waals surface area contributed by atoms with E-state index in [2.05, 4.69) is 10.3 Å². The van der Waals surface area contributed by atoms with E-state index in [9.17, 15) is 9.90 Å². The molecule has 8 heteroatoms. The second-order valence-corrected chi connectivity index (χ2v) is 6.80. The molecule has 0 saturated heterocycles.